The Morgan fingerprint density at radius 1 is 1.42 bits per heavy atom. The summed E-state index contributed by atoms with van der Waals surface area (Å²) in [5.41, 5.74) is 7.41. The number of nitrogens with zero attached hydrogens (tertiary/aromatic N) is 1. The molecule has 0 aliphatic heterocycles. The average Bonchev–Trinajstić information content (AvgIpc) is 2.41. The highest BCUT2D eigenvalue weighted by molar-refractivity contribution is 6.31. The lowest BCUT2D eigenvalue weighted by atomic mass is 10.0. The first-order valence-corrected chi connectivity index (χ1v) is 6.05. The Morgan fingerprint density at radius 3 is 2.89 bits per heavy atom. The minimum Gasteiger partial charge on any atom is -0.495 e. The molecule has 19 heavy (non-hydrogen) atoms. The molecule has 0 bridgehead atoms. The van der Waals surface area contributed by atoms with Crippen molar-refractivity contribution in [2.24, 2.45) is 0 Å². The summed E-state index contributed by atoms with van der Waals surface area (Å²) in [5.74, 6) is 0.385. The fraction of sp³-hybridized carbons (Fsp3) is 0.143. The predicted octanol–water partition coefficient (Wildman–Crippen LogP) is 2.75. The molecular weight excluding hydrogens is 264 g/mol. The van der Waals surface area contributed by atoms with E-state index in [1.165, 1.54) is 13.3 Å². The summed E-state index contributed by atoms with van der Waals surface area (Å²) in [6.45, 7) is 0. The summed E-state index contributed by atoms with van der Waals surface area (Å²) in [7, 11) is 1.51. The van der Waals surface area contributed by atoms with Gasteiger partial charge >= 0.3 is 0 Å². The molecule has 2 N–H and O–H groups in total. The van der Waals surface area contributed by atoms with Gasteiger partial charge in [0.05, 0.1) is 17.8 Å². The van der Waals surface area contributed by atoms with Gasteiger partial charge in [0.25, 0.3) is 0 Å². The number of methoxy groups -OCH3 is 1. The largest absolute Gasteiger partial charge is 0.495 e. The van der Waals surface area contributed by atoms with Crippen LogP contribution in [0.2, 0.25) is 5.02 Å². The highest BCUT2D eigenvalue weighted by atomic mass is 35.5. The number of carbonyl (C=O) groups is 1. The Bertz CT molecular complexity index is 614. The van der Waals surface area contributed by atoms with Gasteiger partial charge in [0, 0.05) is 24.4 Å². The number of carbonyl (C=O) groups excluding carboxylic acids is 1. The van der Waals surface area contributed by atoms with Gasteiger partial charge in [-0.25, -0.2) is 0 Å². The Hall–Kier alpha value is -2.07. The molecule has 2 aromatic rings. The van der Waals surface area contributed by atoms with Gasteiger partial charge in [-0.2, -0.15) is 0 Å². The third-order valence-electron chi connectivity index (χ3n) is 2.79. The highest BCUT2D eigenvalue weighted by Gasteiger charge is 2.14. The van der Waals surface area contributed by atoms with Crippen LogP contribution in [-0.4, -0.2) is 17.9 Å². The fourth-order valence-corrected chi connectivity index (χ4v) is 1.97. The van der Waals surface area contributed by atoms with E-state index in [2.05, 4.69) is 4.98 Å². The number of aromatic nitrogens is 1. The molecule has 0 aliphatic rings. The first-order valence-electron chi connectivity index (χ1n) is 5.67. The molecule has 0 fully saturated rings. The summed E-state index contributed by atoms with van der Waals surface area (Å²) < 4.78 is 5.10. The minimum atomic E-state index is -0.107. The second-order valence-corrected chi connectivity index (χ2v) is 4.40. The Morgan fingerprint density at radius 2 is 2.21 bits per heavy atom. The smallest absolute Gasteiger partial charge is 0.169 e. The molecule has 1 aromatic heterocycles. The van der Waals surface area contributed by atoms with E-state index in [1.54, 1.807) is 30.5 Å². The van der Waals surface area contributed by atoms with Crippen molar-refractivity contribution in [3.63, 3.8) is 0 Å². The zero-order valence-electron chi connectivity index (χ0n) is 10.4. The Balaban J connectivity index is 2.28. The number of pyridine rings is 1. The van der Waals surface area contributed by atoms with Crippen LogP contribution in [-0.2, 0) is 6.42 Å². The summed E-state index contributed by atoms with van der Waals surface area (Å²) in [5, 5.41) is 0.470. The van der Waals surface area contributed by atoms with E-state index in [0.717, 1.165) is 5.56 Å². The van der Waals surface area contributed by atoms with Gasteiger partial charge in [-0.3, -0.25) is 9.78 Å². The molecule has 98 valence electrons. The first kappa shape index (κ1) is 13.4. The van der Waals surface area contributed by atoms with E-state index < -0.39 is 0 Å². The van der Waals surface area contributed by atoms with Crippen molar-refractivity contribution in [2.75, 3.05) is 12.8 Å². The van der Waals surface area contributed by atoms with Crippen molar-refractivity contribution in [3.05, 3.63) is 52.8 Å². The molecule has 1 heterocycles. The van der Waals surface area contributed by atoms with Gasteiger partial charge in [0.2, 0.25) is 0 Å². The van der Waals surface area contributed by atoms with Crippen molar-refractivity contribution in [1.82, 2.24) is 4.98 Å². The summed E-state index contributed by atoms with van der Waals surface area (Å²) in [6, 6.07) is 6.84. The standard InChI is InChI=1S/C14H13ClN2O2/c1-19-13-4-2-3-10(14(13)16)12(18)7-9-5-6-17-8-11(9)15/h2-6,8H,7,16H2,1H3. The first-order chi connectivity index (χ1) is 9.13. The average molecular weight is 277 g/mol. The summed E-state index contributed by atoms with van der Waals surface area (Å²) in [4.78, 5) is 16.1. The third kappa shape index (κ3) is 2.85. The number of para-hydroxylation sites is 1. The van der Waals surface area contributed by atoms with Gasteiger partial charge in [-0.15, -0.1) is 0 Å². The van der Waals surface area contributed by atoms with Crippen LogP contribution >= 0.6 is 11.6 Å². The molecule has 0 spiro atoms. The number of anilines is 1. The number of nitrogens with two attached hydrogens (primary N) is 1. The number of hydrogen-bond acceptors (Lipinski definition) is 4. The van der Waals surface area contributed by atoms with Crippen molar-refractivity contribution >= 4 is 23.1 Å². The van der Waals surface area contributed by atoms with Gasteiger partial charge in [-0.05, 0) is 23.8 Å². The lowest BCUT2D eigenvalue weighted by Crippen LogP contribution is -2.08. The predicted molar refractivity (Wildman–Crippen MR) is 74.7 cm³/mol. The molecule has 0 amide bonds. The SMILES string of the molecule is COc1cccc(C(=O)Cc2ccncc2Cl)c1N. The molecule has 4 nitrogen and oxygen atoms in total. The number of rotatable bonds is 4. The van der Waals surface area contributed by atoms with Gasteiger partial charge < -0.3 is 10.5 Å². The van der Waals surface area contributed by atoms with E-state index >= 15 is 0 Å². The molecule has 5 heteroatoms. The number of nitrogen functional groups attached to an aromatic ring is 1. The van der Waals surface area contributed by atoms with E-state index in [0.29, 0.717) is 22.0 Å². The summed E-state index contributed by atoms with van der Waals surface area (Å²) in [6.07, 6.45) is 3.29. The van der Waals surface area contributed by atoms with E-state index in [4.69, 9.17) is 22.1 Å². The molecule has 0 aliphatic carbocycles. The molecular formula is C14H13ClN2O2. The molecule has 0 saturated carbocycles. The molecule has 0 atom stereocenters. The van der Waals surface area contributed by atoms with Crippen molar-refractivity contribution in [2.45, 2.75) is 6.42 Å². The van der Waals surface area contributed by atoms with Crippen LogP contribution in [0.1, 0.15) is 15.9 Å². The number of ketones is 1. The Kier molecular flexibility index (Phi) is 4.02. The number of halogens is 1. The third-order valence-corrected chi connectivity index (χ3v) is 3.13. The second kappa shape index (κ2) is 5.71. The van der Waals surface area contributed by atoms with Crippen molar-refractivity contribution in [1.29, 1.82) is 0 Å². The maximum atomic E-state index is 12.2. The van der Waals surface area contributed by atoms with Gasteiger partial charge in [0.1, 0.15) is 5.75 Å². The maximum absolute atomic E-state index is 12.2. The quantitative estimate of drug-likeness (QED) is 0.689. The summed E-state index contributed by atoms with van der Waals surface area (Å²) >= 11 is 5.98. The fourth-order valence-electron chi connectivity index (χ4n) is 1.78. The van der Waals surface area contributed by atoms with Crippen LogP contribution < -0.4 is 10.5 Å². The van der Waals surface area contributed by atoms with Gasteiger partial charge in [-0.1, -0.05) is 17.7 Å². The number of benzene rings is 1. The lowest BCUT2D eigenvalue weighted by Gasteiger charge is -2.09. The molecule has 1 aromatic carbocycles. The normalized spacial score (nSPS) is 10.2. The highest BCUT2D eigenvalue weighted by Crippen LogP contribution is 2.26. The minimum absolute atomic E-state index is 0.107. The lowest BCUT2D eigenvalue weighted by molar-refractivity contribution is 0.0993. The topological polar surface area (TPSA) is 65.2 Å². The zero-order chi connectivity index (χ0) is 13.8. The molecule has 0 unspecified atom stereocenters. The molecule has 2 rings (SSSR count). The number of Topliss-reactive ketones (excluding diaryl/α,β-unsaturated/α-hetero) is 1. The van der Waals surface area contributed by atoms with Crippen molar-refractivity contribution < 1.29 is 9.53 Å². The van der Waals surface area contributed by atoms with E-state index in [-0.39, 0.29) is 12.2 Å². The zero-order valence-corrected chi connectivity index (χ0v) is 11.1. The molecule has 0 saturated heterocycles. The van der Waals surface area contributed by atoms with Crippen LogP contribution in [0.4, 0.5) is 5.69 Å². The molecule has 0 radical (unpaired) electrons. The van der Waals surface area contributed by atoms with Crippen LogP contribution in [0.15, 0.2) is 36.7 Å². The van der Waals surface area contributed by atoms with Crippen LogP contribution in [0.3, 0.4) is 0 Å². The van der Waals surface area contributed by atoms with Crippen LogP contribution in [0.25, 0.3) is 0 Å². The van der Waals surface area contributed by atoms with Crippen LogP contribution in [0.5, 0.6) is 5.75 Å². The van der Waals surface area contributed by atoms with E-state index in [9.17, 15) is 4.79 Å². The monoisotopic (exact) mass is 276 g/mol. The van der Waals surface area contributed by atoms with Gasteiger partial charge in [0.15, 0.2) is 5.78 Å². The maximum Gasteiger partial charge on any atom is 0.169 e. The Labute approximate surface area is 116 Å². The second-order valence-electron chi connectivity index (χ2n) is 3.99. The van der Waals surface area contributed by atoms with Crippen LogP contribution in [0, 0.1) is 0 Å². The number of hydrogen-bond donors (Lipinski definition) is 1. The number of ether oxygens (including phenoxy) is 1. The van der Waals surface area contributed by atoms with E-state index in [1.807, 2.05) is 0 Å². The van der Waals surface area contributed by atoms with Crippen molar-refractivity contribution in [3.8, 4) is 5.75 Å².